The summed E-state index contributed by atoms with van der Waals surface area (Å²) in [6, 6.07) is 3.31. The summed E-state index contributed by atoms with van der Waals surface area (Å²) in [7, 11) is 1.57. The molecule has 0 fully saturated rings. The molecule has 16 heavy (non-hydrogen) atoms. The largest absolute Gasteiger partial charge is 0.507 e. The van der Waals surface area contributed by atoms with Crippen molar-refractivity contribution in [1.82, 2.24) is 5.16 Å². The summed E-state index contributed by atoms with van der Waals surface area (Å²) in [5.41, 5.74) is 7.53. The van der Waals surface area contributed by atoms with Crippen molar-refractivity contribution in [2.75, 3.05) is 12.8 Å². The van der Waals surface area contributed by atoms with Crippen molar-refractivity contribution in [3.8, 4) is 22.6 Å². The maximum atomic E-state index is 9.83. The first-order valence-corrected chi connectivity index (χ1v) is 4.71. The number of nitrogen functional groups attached to an aromatic ring is 1. The van der Waals surface area contributed by atoms with Crippen LogP contribution in [0.4, 0.5) is 5.88 Å². The minimum absolute atomic E-state index is 0.119. The molecule has 1 aromatic carbocycles. The summed E-state index contributed by atoms with van der Waals surface area (Å²) in [6.07, 6.45) is 1.46. The number of anilines is 1. The zero-order chi connectivity index (χ0) is 11.7. The Morgan fingerprint density at radius 1 is 1.38 bits per heavy atom. The van der Waals surface area contributed by atoms with Crippen LogP contribution in [0.1, 0.15) is 5.56 Å². The summed E-state index contributed by atoms with van der Waals surface area (Å²) < 4.78 is 9.93. The third-order valence-electron chi connectivity index (χ3n) is 2.40. The number of hydrogen-bond donors (Lipinski definition) is 2. The fourth-order valence-electron chi connectivity index (χ4n) is 1.56. The lowest BCUT2D eigenvalue weighted by molar-refractivity contribution is 0.409. The van der Waals surface area contributed by atoms with Crippen molar-refractivity contribution in [3.63, 3.8) is 0 Å². The molecule has 5 heteroatoms. The number of nitrogens with two attached hydrogens (primary N) is 1. The van der Waals surface area contributed by atoms with Gasteiger partial charge in [-0.15, -0.1) is 0 Å². The van der Waals surface area contributed by atoms with Gasteiger partial charge in [0.15, 0.2) is 0 Å². The van der Waals surface area contributed by atoms with Gasteiger partial charge in [-0.05, 0) is 24.6 Å². The maximum absolute atomic E-state index is 9.83. The standard InChI is InChI=1S/C11H12N2O3/c1-6-3-9(14)7(4-10(6)15-2)8-5-13-16-11(8)12/h3-5,14H,12H2,1-2H3. The molecule has 2 aromatic rings. The molecule has 0 saturated carbocycles. The SMILES string of the molecule is COc1cc(-c2cnoc2N)c(O)cc1C. The molecular weight excluding hydrogens is 208 g/mol. The second-order valence-corrected chi connectivity index (χ2v) is 3.44. The Morgan fingerprint density at radius 3 is 2.69 bits per heavy atom. The number of aryl methyl sites for hydroxylation is 1. The molecule has 3 N–H and O–H groups in total. The van der Waals surface area contributed by atoms with E-state index < -0.39 is 0 Å². The topological polar surface area (TPSA) is 81.5 Å². The van der Waals surface area contributed by atoms with Gasteiger partial charge in [-0.1, -0.05) is 5.16 Å². The van der Waals surface area contributed by atoms with E-state index in [1.807, 2.05) is 6.92 Å². The smallest absolute Gasteiger partial charge is 0.230 e. The molecule has 1 heterocycles. The van der Waals surface area contributed by atoms with Crippen molar-refractivity contribution in [2.45, 2.75) is 6.92 Å². The van der Waals surface area contributed by atoms with E-state index in [1.165, 1.54) is 6.20 Å². The monoisotopic (exact) mass is 220 g/mol. The van der Waals surface area contributed by atoms with Crippen molar-refractivity contribution in [1.29, 1.82) is 0 Å². The van der Waals surface area contributed by atoms with Crippen LogP contribution in [-0.4, -0.2) is 17.4 Å². The molecule has 0 amide bonds. The van der Waals surface area contributed by atoms with Gasteiger partial charge in [-0.25, -0.2) is 0 Å². The van der Waals surface area contributed by atoms with E-state index in [2.05, 4.69) is 5.16 Å². The molecule has 0 unspecified atom stereocenters. The Labute approximate surface area is 92.4 Å². The molecule has 0 radical (unpaired) electrons. The number of phenols is 1. The van der Waals surface area contributed by atoms with Crippen LogP contribution < -0.4 is 10.5 Å². The first kappa shape index (κ1) is 10.4. The number of aromatic hydroxyl groups is 1. The highest BCUT2D eigenvalue weighted by atomic mass is 16.5. The lowest BCUT2D eigenvalue weighted by Crippen LogP contribution is -1.90. The summed E-state index contributed by atoms with van der Waals surface area (Å²) in [5, 5.41) is 13.4. The number of phenolic OH excluding ortho intramolecular Hbond substituents is 1. The Balaban J connectivity index is 2.61. The first-order valence-electron chi connectivity index (χ1n) is 4.71. The molecule has 2 rings (SSSR count). The highest BCUT2D eigenvalue weighted by Crippen LogP contribution is 2.37. The van der Waals surface area contributed by atoms with Gasteiger partial charge in [0.25, 0.3) is 0 Å². The van der Waals surface area contributed by atoms with Crippen LogP contribution in [-0.2, 0) is 0 Å². The Bertz CT molecular complexity index is 520. The number of benzene rings is 1. The highest BCUT2D eigenvalue weighted by molar-refractivity contribution is 5.78. The van der Waals surface area contributed by atoms with E-state index in [1.54, 1.807) is 19.2 Å². The zero-order valence-electron chi connectivity index (χ0n) is 9.02. The van der Waals surface area contributed by atoms with E-state index in [-0.39, 0.29) is 11.6 Å². The lowest BCUT2D eigenvalue weighted by atomic mass is 10.0. The van der Waals surface area contributed by atoms with Gasteiger partial charge in [0, 0.05) is 5.56 Å². The van der Waals surface area contributed by atoms with Crippen LogP contribution in [0.5, 0.6) is 11.5 Å². The van der Waals surface area contributed by atoms with Crippen LogP contribution in [0.2, 0.25) is 0 Å². The Hall–Kier alpha value is -2.17. The van der Waals surface area contributed by atoms with E-state index >= 15 is 0 Å². The Kier molecular flexibility index (Phi) is 2.44. The van der Waals surface area contributed by atoms with Gasteiger partial charge in [0.05, 0.1) is 18.9 Å². The van der Waals surface area contributed by atoms with E-state index in [9.17, 15) is 5.11 Å². The second kappa shape index (κ2) is 3.77. The van der Waals surface area contributed by atoms with Gasteiger partial charge in [-0.3, -0.25) is 0 Å². The fourth-order valence-corrected chi connectivity index (χ4v) is 1.56. The van der Waals surface area contributed by atoms with Crippen LogP contribution in [0.15, 0.2) is 22.9 Å². The third kappa shape index (κ3) is 1.56. The first-order chi connectivity index (χ1) is 7.63. The van der Waals surface area contributed by atoms with Crippen LogP contribution in [0.25, 0.3) is 11.1 Å². The van der Waals surface area contributed by atoms with Gasteiger partial charge >= 0.3 is 0 Å². The van der Waals surface area contributed by atoms with Crippen LogP contribution in [0, 0.1) is 6.92 Å². The molecular formula is C11H12N2O3. The average Bonchev–Trinajstić information content (AvgIpc) is 2.65. The van der Waals surface area contributed by atoms with E-state index in [0.29, 0.717) is 16.9 Å². The van der Waals surface area contributed by atoms with E-state index in [0.717, 1.165) is 5.56 Å². The van der Waals surface area contributed by atoms with Crippen molar-refractivity contribution >= 4 is 5.88 Å². The normalized spacial score (nSPS) is 10.4. The van der Waals surface area contributed by atoms with Crippen molar-refractivity contribution in [2.24, 2.45) is 0 Å². The molecule has 0 saturated heterocycles. The van der Waals surface area contributed by atoms with Crippen molar-refractivity contribution < 1.29 is 14.4 Å². The number of hydrogen-bond acceptors (Lipinski definition) is 5. The third-order valence-corrected chi connectivity index (χ3v) is 2.40. The highest BCUT2D eigenvalue weighted by Gasteiger charge is 2.14. The minimum atomic E-state index is 0.119. The fraction of sp³-hybridized carbons (Fsp3) is 0.182. The van der Waals surface area contributed by atoms with Gasteiger partial charge in [0.1, 0.15) is 11.5 Å². The van der Waals surface area contributed by atoms with Crippen LogP contribution >= 0.6 is 0 Å². The number of aromatic nitrogens is 1. The molecule has 0 aliphatic carbocycles. The average molecular weight is 220 g/mol. The minimum Gasteiger partial charge on any atom is -0.507 e. The molecule has 0 aliphatic rings. The van der Waals surface area contributed by atoms with Gasteiger partial charge in [0.2, 0.25) is 5.88 Å². The number of rotatable bonds is 2. The van der Waals surface area contributed by atoms with Crippen molar-refractivity contribution in [3.05, 3.63) is 23.9 Å². The summed E-state index contributed by atoms with van der Waals surface area (Å²) in [4.78, 5) is 0. The molecule has 84 valence electrons. The van der Waals surface area contributed by atoms with Gasteiger partial charge < -0.3 is 20.1 Å². The summed E-state index contributed by atoms with van der Waals surface area (Å²) >= 11 is 0. The van der Waals surface area contributed by atoms with Gasteiger partial charge in [-0.2, -0.15) is 0 Å². The molecule has 0 bridgehead atoms. The molecule has 0 atom stereocenters. The maximum Gasteiger partial charge on any atom is 0.230 e. The molecule has 0 aliphatic heterocycles. The second-order valence-electron chi connectivity index (χ2n) is 3.44. The number of nitrogens with zero attached hydrogens (tertiary/aromatic N) is 1. The summed E-state index contributed by atoms with van der Waals surface area (Å²) in [5.74, 6) is 0.961. The predicted octanol–water partition coefficient (Wildman–Crippen LogP) is 1.95. The molecule has 0 spiro atoms. The Morgan fingerprint density at radius 2 is 2.12 bits per heavy atom. The predicted molar refractivity (Wildman–Crippen MR) is 59.3 cm³/mol. The zero-order valence-corrected chi connectivity index (χ0v) is 9.02. The molecule has 5 nitrogen and oxygen atoms in total. The van der Waals surface area contributed by atoms with E-state index in [4.69, 9.17) is 15.0 Å². The molecule has 1 aromatic heterocycles. The van der Waals surface area contributed by atoms with Crippen LogP contribution in [0.3, 0.4) is 0 Å². The lowest BCUT2D eigenvalue weighted by Gasteiger charge is -2.08. The number of ether oxygens (including phenoxy) is 1. The number of methoxy groups -OCH3 is 1. The summed E-state index contributed by atoms with van der Waals surface area (Å²) in [6.45, 7) is 1.85. The quantitative estimate of drug-likeness (QED) is 0.808.